The van der Waals surface area contributed by atoms with Gasteiger partial charge in [0, 0.05) is 12.8 Å². The van der Waals surface area contributed by atoms with Crippen molar-refractivity contribution in [2.24, 2.45) is 0 Å². The maximum atomic E-state index is 12.7. The molecule has 0 spiro atoms. The Morgan fingerprint density at radius 3 is 1.34 bits per heavy atom. The van der Waals surface area contributed by atoms with Crippen LogP contribution in [0.2, 0.25) is 0 Å². The third-order valence-electron chi connectivity index (χ3n) is 10.3. The van der Waals surface area contributed by atoms with Gasteiger partial charge in [-0.15, -0.1) is 0 Å². The molecule has 0 N–H and O–H groups in total. The molecule has 2 atom stereocenters. The second-order valence-electron chi connectivity index (χ2n) is 17.1. The number of likely N-dealkylation sites (N-methyl/N-ethyl adjacent to an activating group) is 1. The molecule has 0 saturated carbocycles. The lowest BCUT2D eigenvalue weighted by Crippen LogP contribution is -2.37. The molecule has 9 nitrogen and oxygen atoms in total. The molecule has 0 aromatic rings. The fraction of sp³-hybridized carbons (Fsp3) is 0.913. The number of quaternary nitrogens is 1. The average Bonchev–Trinajstić information content (AvgIpc) is 3.15. The Bertz CT molecular complexity index is 969. The quantitative estimate of drug-likeness (QED) is 0.0197. The number of hydrogen-bond acceptors (Lipinski definition) is 8. The Morgan fingerprint density at radius 2 is 0.911 bits per heavy atom. The van der Waals surface area contributed by atoms with Crippen molar-refractivity contribution in [3.05, 3.63) is 12.2 Å². The number of esters is 2. The van der Waals surface area contributed by atoms with Gasteiger partial charge in [-0.1, -0.05) is 180 Å². The molecule has 0 aromatic carbocycles. The predicted octanol–water partition coefficient (Wildman–Crippen LogP) is 12.7. The first-order valence-electron chi connectivity index (χ1n) is 23.4. The van der Waals surface area contributed by atoms with Gasteiger partial charge in [0.15, 0.2) is 6.10 Å². The number of rotatable bonds is 43. The highest BCUT2D eigenvalue weighted by molar-refractivity contribution is 7.45. The molecule has 0 amide bonds. The molecule has 1 unspecified atom stereocenters. The van der Waals surface area contributed by atoms with E-state index in [4.69, 9.17) is 18.5 Å². The van der Waals surface area contributed by atoms with Gasteiger partial charge in [-0.25, -0.2) is 0 Å². The van der Waals surface area contributed by atoms with Crippen LogP contribution in [-0.4, -0.2) is 70.0 Å². The van der Waals surface area contributed by atoms with Gasteiger partial charge < -0.3 is 27.9 Å². The van der Waals surface area contributed by atoms with E-state index in [2.05, 4.69) is 26.0 Å². The summed E-state index contributed by atoms with van der Waals surface area (Å²) >= 11 is 0. The molecular weight excluding hydrogens is 725 g/mol. The normalized spacial score (nSPS) is 13.6. The molecular formula is C46H90NO8P. The highest BCUT2D eigenvalue weighted by Gasteiger charge is 2.21. The summed E-state index contributed by atoms with van der Waals surface area (Å²) in [4.78, 5) is 37.5. The Morgan fingerprint density at radius 1 is 0.536 bits per heavy atom. The molecule has 56 heavy (non-hydrogen) atoms. The number of hydrogen-bond donors (Lipinski definition) is 0. The summed E-state index contributed by atoms with van der Waals surface area (Å²) < 4.78 is 33.9. The van der Waals surface area contributed by atoms with E-state index in [-0.39, 0.29) is 32.0 Å². The van der Waals surface area contributed by atoms with Crippen LogP contribution in [0, 0.1) is 0 Å². The van der Waals surface area contributed by atoms with E-state index in [0.29, 0.717) is 17.4 Å². The van der Waals surface area contributed by atoms with Crippen molar-refractivity contribution in [3.8, 4) is 0 Å². The van der Waals surface area contributed by atoms with E-state index in [9.17, 15) is 19.0 Å². The molecule has 0 saturated heterocycles. The predicted molar refractivity (Wildman–Crippen MR) is 231 cm³/mol. The number of carbonyl (C=O) groups is 2. The summed E-state index contributed by atoms with van der Waals surface area (Å²) in [5.41, 5.74) is 0. The van der Waals surface area contributed by atoms with Crippen LogP contribution in [0.3, 0.4) is 0 Å². The van der Waals surface area contributed by atoms with Crippen LogP contribution in [0.4, 0.5) is 0 Å². The van der Waals surface area contributed by atoms with Crippen molar-refractivity contribution in [2.45, 2.75) is 225 Å². The maximum absolute atomic E-state index is 12.7. The molecule has 332 valence electrons. The van der Waals surface area contributed by atoms with E-state index in [1.54, 1.807) is 0 Å². The zero-order valence-corrected chi connectivity index (χ0v) is 38.2. The number of nitrogens with zero attached hydrogens (tertiary/aromatic N) is 1. The first-order valence-corrected chi connectivity index (χ1v) is 24.9. The highest BCUT2D eigenvalue weighted by atomic mass is 31.2. The largest absolute Gasteiger partial charge is 0.756 e. The van der Waals surface area contributed by atoms with Crippen LogP contribution in [0.1, 0.15) is 219 Å². The molecule has 0 bridgehead atoms. The van der Waals surface area contributed by atoms with Crippen molar-refractivity contribution in [3.63, 3.8) is 0 Å². The van der Waals surface area contributed by atoms with Gasteiger partial charge in [0.05, 0.1) is 27.7 Å². The van der Waals surface area contributed by atoms with Crippen LogP contribution < -0.4 is 4.89 Å². The van der Waals surface area contributed by atoms with Crippen molar-refractivity contribution >= 4 is 19.8 Å². The van der Waals surface area contributed by atoms with Crippen molar-refractivity contribution in [1.82, 2.24) is 0 Å². The van der Waals surface area contributed by atoms with Gasteiger partial charge >= 0.3 is 11.9 Å². The molecule has 0 fully saturated rings. The minimum Gasteiger partial charge on any atom is -0.756 e. The van der Waals surface area contributed by atoms with Gasteiger partial charge in [-0.2, -0.15) is 0 Å². The lowest BCUT2D eigenvalue weighted by atomic mass is 10.0. The maximum Gasteiger partial charge on any atom is 0.306 e. The van der Waals surface area contributed by atoms with Gasteiger partial charge in [-0.05, 0) is 38.5 Å². The molecule has 0 aliphatic rings. The zero-order valence-electron chi connectivity index (χ0n) is 37.3. The average molecular weight is 816 g/mol. The fourth-order valence-corrected chi connectivity index (χ4v) is 7.32. The third kappa shape index (κ3) is 42.4. The van der Waals surface area contributed by atoms with Gasteiger partial charge in [0.25, 0.3) is 7.82 Å². The van der Waals surface area contributed by atoms with E-state index in [1.807, 2.05) is 21.1 Å². The number of ether oxygens (including phenoxy) is 2. The van der Waals surface area contributed by atoms with E-state index < -0.39 is 26.5 Å². The second kappa shape index (κ2) is 39.2. The van der Waals surface area contributed by atoms with E-state index in [0.717, 1.165) is 51.4 Å². The summed E-state index contributed by atoms with van der Waals surface area (Å²) in [6.07, 6.45) is 40.9. The summed E-state index contributed by atoms with van der Waals surface area (Å²) in [5.74, 6) is -0.833. The summed E-state index contributed by atoms with van der Waals surface area (Å²) in [7, 11) is 1.17. The number of carbonyl (C=O) groups excluding carboxylic acids is 2. The minimum atomic E-state index is -4.62. The number of phosphoric acid groups is 1. The Hall–Kier alpha value is -1.25. The zero-order chi connectivity index (χ0) is 41.4. The Kier molecular flexibility index (Phi) is 38.3. The summed E-state index contributed by atoms with van der Waals surface area (Å²) in [6.45, 7) is 4.23. The lowest BCUT2D eigenvalue weighted by molar-refractivity contribution is -0.870. The fourth-order valence-electron chi connectivity index (χ4n) is 6.59. The van der Waals surface area contributed by atoms with Crippen LogP contribution in [0.25, 0.3) is 0 Å². The van der Waals surface area contributed by atoms with Gasteiger partial charge in [-0.3, -0.25) is 14.2 Å². The molecule has 0 aliphatic heterocycles. The molecule has 0 heterocycles. The summed E-state index contributed by atoms with van der Waals surface area (Å²) in [6, 6.07) is 0. The molecule has 0 aliphatic carbocycles. The van der Waals surface area contributed by atoms with Gasteiger partial charge in [0.2, 0.25) is 0 Å². The molecule has 0 radical (unpaired) electrons. The number of phosphoric ester groups is 1. The van der Waals surface area contributed by atoms with E-state index >= 15 is 0 Å². The van der Waals surface area contributed by atoms with Crippen molar-refractivity contribution in [1.29, 1.82) is 0 Å². The highest BCUT2D eigenvalue weighted by Crippen LogP contribution is 2.38. The lowest BCUT2D eigenvalue weighted by Gasteiger charge is -2.28. The first-order chi connectivity index (χ1) is 27.0. The molecule has 0 aromatic heterocycles. The number of unbranched alkanes of at least 4 members (excludes halogenated alkanes) is 27. The van der Waals surface area contributed by atoms with Crippen LogP contribution in [0.5, 0.6) is 0 Å². The standard InChI is InChI=1S/C46H90NO8P/c1-6-8-10-12-14-16-18-20-21-22-23-24-25-27-29-31-33-35-37-39-46(49)55-44(43-54-56(50,51)53-41-40-47(3,4)5)42-52-45(48)38-36-34-32-30-28-26-19-17-15-13-11-9-7-2/h17,19,44H,6-16,18,20-43H2,1-5H3/b19-17+/t44-/m1/s1. The summed E-state index contributed by atoms with van der Waals surface area (Å²) in [5, 5.41) is 0. The Balaban J connectivity index is 4.27. The van der Waals surface area contributed by atoms with Crippen LogP contribution in [0.15, 0.2) is 12.2 Å². The van der Waals surface area contributed by atoms with Crippen molar-refractivity contribution in [2.75, 3.05) is 47.5 Å². The molecule has 0 rings (SSSR count). The van der Waals surface area contributed by atoms with Crippen LogP contribution in [-0.2, 0) is 32.7 Å². The molecule has 10 heteroatoms. The third-order valence-corrected chi connectivity index (χ3v) is 11.2. The number of allylic oxidation sites excluding steroid dienone is 2. The monoisotopic (exact) mass is 816 g/mol. The minimum absolute atomic E-state index is 0.0288. The van der Waals surface area contributed by atoms with E-state index in [1.165, 1.54) is 135 Å². The smallest absolute Gasteiger partial charge is 0.306 e. The topological polar surface area (TPSA) is 111 Å². The second-order valence-corrected chi connectivity index (χ2v) is 18.5. The van der Waals surface area contributed by atoms with Crippen molar-refractivity contribution < 1.29 is 42.1 Å². The van der Waals surface area contributed by atoms with Gasteiger partial charge in [0.1, 0.15) is 19.8 Å². The van der Waals surface area contributed by atoms with Crippen LogP contribution >= 0.6 is 7.82 Å². The Labute approximate surface area is 346 Å². The SMILES string of the molecule is CCCCCC/C=C/CCCCCCCC(=O)OC[C@H](COP(=O)([O-])OCC[N+](C)(C)C)OC(=O)CCCCCCCCCCCCCCCCCCCCC. The first kappa shape index (κ1) is 54.8.